The van der Waals surface area contributed by atoms with Gasteiger partial charge in [-0.3, -0.25) is 0 Å². The van der Waals surface area contributed by atoms with Crippen molar-refractivity contribution in [3.63, 3.8) is 0 Å². The van der Waals surface area contributed by atoms with Gasteiger partial charge in [-0.15, -0.1) is 4.83 Å². The Hall–Kier alpha value is -0.130. The lowest BCUT2D eigenvalue weighted by molar-refractivity contribution is 0.168. The van der Waals surface area contributed by atoms with Crippen LogP contribution in [0.3, 0.4) is 0 Å². The number of sulfonamides is 1. The number of hydrogen-bond acceptors (Lipinski definition) is 3. The van der Waals surface area contributed by atoms with E-state index in [-0.39, 0.29) is 0 Å². The molecule has 0 amide bonds. The number of piperidine rings is 1. The standard InChI is InChI=1S/C7H16N2O2S/c1-7-3-5-9(6-4-7)8-12(2,10)11/h7-8H,3-6H2,1-2H3. The van der Waals surface area contributed by atoms with Gasteiger partial charge in [0.25, 0.3) is 0 Å². The highest BCUT2D eigenvalue weighted by Crippen LogP contribution is 2.14. The van der Waals surface area contributed by atoms with E-state index in [1.807, 2.05) is 0 Å². The molecule has 0 bridgehead atoms. The molecule has 0 aromatic rings. The maximum Gasteiger partial charge on any atom is 0.221 e. The third kappa shape index (κ3) is 3.51. The third-order valence-corrected chi connectivity index (χ3v) is 2.67. The van der Waals surface area contributed by atoms with Crippen LogP contribution in [0.4, 0.5) is 0 Å². The van der Waals surface area contributed by atoms with Gasteiger partial charge < -0.3 is 0 Å². The summed E-state index contributed by atoms with van der Waals surface area (Å²) in [5.41, 5.74) is 0. The quantitative estimate of drug-likeness (QED) is 0.679. The zero-order valence-electron chi connectivity index (χ0n) is 7.58. The Balaban J connectivity index is 2.36. The minimum atomic E-state index is -3.07. The average Bonchev–Trinajstić information content (AvgIpc) is 1.91. The third-order valence-electron chi connectivity index (χ3n) is 2.08. The SMILES string of the molecule is CC1CCN(NS(C)(=O)=O)CC1. The summed E-state index contributed by atoms with van der Waals surface area (Å²) in [6.45, 7) is 3.85. The molecule has 0 unspecified atom stereocenters. The minimum absolute atomic E-state index is 0.725. The number of nitrogens with one attached hydrogen (secondary N) is 1. The van der Waals surface area contributed by atoms with Crippen LogP contribution in [-0.2, 0) is 10.0 Å². The van der Waals surface area contributed by atoms with Crippen LogP contribution in [0.25, 0.3) is 0 Å². The van der Waals surface area contributed by atoms with E-state index in [1.54, 1.807) is 5.01 Å². The second kappa shape index (κ2) is 3.72. The molecule has 1 aliphatic heterocycles. The van der Waals surface area contributed by atoms with E-state index in [9.17, 15) is 8.42 Å². The molecule has 12 heavy (non-hydrogen) atoms. The highest BCUT2D eigenvalue weighted by Gasteiger charge is 2.17. The van der Waals surface area contributed by atoms with Crippen LogP contribution in [0.2, 0.25) is 0 Å². The van der Waals surface area contributed by atoms with Gasteiger partial charge in [-0.2, -0.15) is 0 Å². The average molecular weight is 192 g/mol. The van der Waals surface area contributed by atoms with E-state index in [2.05, 4.69) is 11.8 Å². The predicted octanol–water partition coefficient (Wildman–Crippen LogP) is 0.182. The van der Waals surface area contributed by atoms with Crippen LogP contribution >= 0.6 is 0 Å². The Bertz CT molecular complexity index is 230. The lowest BCUT2D eigenvalue weighted by atomic mass is 10.0. The summed E-state index contributed by atoms with van der Waals surface area (Å²) in [5, 5.41) is 1.77. The molecular weight excluding hydrogens is 176 g/mol. The molecule has 5 heteroatoms. The molecule has 4 nitrogen and oxygen atoms in total. The summed E-state index contributed by atoms with van der Waals surface area (Å²) in [5.74, 6) is 0.725. The maximum atomic E-state index is 10.8. The molecule has 1 heterocycles. The Morgan fingerprint density at radius 1 is 1.33 bits per heavy atom. The Labute approximate surface area is 74.0 Å². The molecule has 0 aliphatic carbocycles. The van der Waals surface area contributed by atoms with E-state index in [0.717, 1.165) is 31.8 Å². The lowest BCUT2D eigenvalue weighted by Gasteiger charge is -2.29. The van der Waals surface area contributed by atoms with Crippen LogP contribution in [0.5, 0.6) is 0 Å². The van der Waals surface area contributed by atoms with Gasteiger partial charge in [0.1, 0.15) is 0 Å². The maximum absolute atomic E-state index is 10.8. The molecule has 1 fully saturated rings. The van der Waals surface area contributed by atoms with E-state index in [1.165, 1.54) is 6.26 Å². The van der Waals surface area contributed by atoms with Crippen molar-refractivity contribution >= 4 is 10.0 Å². The predicted molar refractivity (Wildman–Crippen MR) is 48.0 cm³/mol. The fourth-order valence-electron chi connectivity index (χ4n) is 1.33. The molecule has 1 aliphatic rings. The Morgan fingerprint density at radius 2 is 1.83 bits per heavy atom. The first kappa shape index (κ1) is 9.95. The van der Waals surface area contributed by atoms with Gasteiger partial charge in [0.05, 0.1) is 6.26 Å². The van der Waals surface area contributed by atoms with Gasteiger partial charge >= 0.3 is 0 Å². The number of nitrogens with zero attached hydrogens (tertiary/aromatic N) is 1. The summed E-state index contributed by atoms with van der Waals surface area (Å²) in [6, 6.07) is 0. The number of hydrogen-bond donors (Lipinski definition) is 1. The summed E-state index contributed by atoms with van der Waals surface area (Å²) >= 11 is 0. The largest absolute Gasteiger partial charge is 0.231 e. The minimum Gasteiger partial charge on any atom is -0.231 e. The highest BCUT2D eigenvalue weighted by molar-refractivity contribution is 7.88. The van der Waals surface area contributed by atoms with Crippen LogP contribution in [0, 0.1) is 5.92 Å². The van der Waals surface area contributed by atoms with Crippen molar-refractivity contribution in [2.45, 2.75) is 19.8 Å². The second-order valence-corrected chi connectivity index (χ2v) is 5.26. The van der Waals surface area contributed by atoms with E-state index in [4.69, 9.17) is 0 Å². The van der Waals surface area contributed by atoms with Crippen LogP contribution in [0.15, 0.2) is 0 Å². The van der Waals surface area contributed by atoms with Crippen molar-refractivity contribution in [1.29, 1.82) is 0 Å². The summed E-state index contributed by atoms with van der Waals surface area (Å²) in [6.07, 6.45) is 3.33. The van der Waals surface area contributed by atoms with Crippen molar-refractivity contribution in [2.24, 2.45) is 5.92 Å². The van der Waals surface area contributed by atoms with Crippen molar-refractivity contribution < 1.29 is 8.42 Å². The molecule has 1 N–H and O–H groups in total. The Kier molecular flexibility index (Phi) is 3.09. The fourth-order valence-corrected chi connectivity index (χ4v) is 1.99. The first-order chi connectivity index (χ1) is 5.47. The number of hydrazine groups is 1. The van der Waals surface area contributed by atoms with Crippen LogP contribution in [-0.4, -0.2) is 32.8 Å². The topological polar surface area (TPSA) is 49.4 Å². The molecule has 0 aromatic carbocycles. The van der Waals surface area contributed by atoms with Crippen molar-refractivity contribution in [1.82, 2.24) is 9.84 Å². The Morgan fingerprint density at radius 3 is 2.25 bits per heavy atom. The van der Waals surface area contributed by atoms with E-state index >= 15 is 0 Å². The van der Waals surface area contributed by atoms with E-state index < -0.39 is 10.0 Å². The van der Waals surface area contributed by atoms with Gasteiger partial charge in [-0.1, -0.05) is 6.92 Å². The van der Waals surface area contributed by atoms with Gasteiger partial charge in [-0.05, 0) is 18.8 Å². The van der Waals surface area contributed by atoms with Gasteiger partial charge in [0, 0.05) is 13.1 Å². The van der Waals surface area contributed by atoms with Gasteiger partial charge in [0.15, 0.2) is 0 Å². The van der Waals surface area contributed by atoms with Crippen molar-refractivity contribution in [3.05, 3.63) is 0 Å². The zero-order valence-corrected chi connectivity index (χ0v) is 8.39. The zero-order chi connectivity index (χ0) is 9.19. The summed E-state index contributed by atoms with van der Waals surface area (Å²) in [4.78, 5) is 2.48. The molecular formula is C7H16N2O2S. The molecule has 1 rings (SSSR count). The van der Waals surface area contributed by atoms with Crippen molar-refractivity contribution in [2.75, 3.05) is 19.3 Å². The normalized spacial score (nSPS) is 22.8. The summed E-state index contributed by atoms with van der Waals surface area (Å²) in [7, 11) is -3.07. The molecule has 1 saturated heterocycles. The monoisotopic (exact) mass is 192 g/mol. The molecule has 0 aromatic heterocycles. The molecule has 0 radical (unpaired) electrons. The highest BCUT2D eigenvalue weighted by atomic mass is 32.2. The molecule has 0 saturated carbocycles. The molecule has 0 atom stereocenters. The van der Waals surface area contributed by atoms with E-state index in [0.29, 0.717) is 0 Å². The smallest absolute Gasteiger partial charge is 0.221 e. The second-order valence-electron chi connectivity index (χ2n) is 3.53. The van der Waals surface area contributed by atoms with Crippen molar-refractivity contribution in [3.8, 4) is 0 Å². The van der Waals surface area contributed by atoms with Gasteiger partial charge in [-0.25, -0.2) is 13.4 Å². The first-order valence-corrected chi connectivity index (χ1v) is 6.09. The van der Waals surface area contributed by atoms with Gasteiger partial charge in [0.2, 0.25) is 10.0 Å². The van der Waals surface area contributed by atoms with Crippen LogP contribution < -0.4 is 4.83 Å². The lowest BCUT2D eigenvalue weighted by Crippen LogP contribution is -2.45. The molecule has 0 spiro atoms. The van der Waals surface area contributed by atoms with Crippen LogP contribution in [0.1, 0.15) is 19.8 Å². The fraction of sp³-hybridized carbons (Fsp3) is 1.00. The first-order valence-electron chi connectivity index (χ1n) is 4.20. The summed E-state index contributed by atoms with van der Waals surface area (Å²) < 4.78 is 21.7. The molecule has 72 valence electrons. The number of rotatable bonds is 2.